The zero-order valence-electron chi connectivity index (χ0n) is 8.98. The van der Waals surface area contributed by atoms with Crippen LogP contribution in [0.15, 0.2) is 30.8 Å². The van der Waals surface area contributed by atoms with Crippen molar-refractivity contribution in [2.75, 3.05) is 6.61 Å². The fourth-order valence-electron chi connectivity index (χ4n) is 1.30. The van der Waals surface area contributed by atoms with Gasteiger partial charge in [0, 0.05) is 6.61 Å². The molecule has 1 saturated heterocycles. The molecule has 2 nitrogen and oxygen atoms in total. The van der Waals surface area contributed by atoms with Gasteiger partial charge in [-0.1, -0.05) is 31.2 Å². The third-order valence-electron chi connectivity index (χ3n) is 2.21. The molecule has 15 heavy (non-hydrogen) atoms. The van der Waals surface area contributed by atoms with Gasteiger partial charge in [0.05, 0.1) is 0 Å². The van der Waals surface area contributed by atoms with Crippen LogP contribution >= 0.6 is 0 Å². The Morgan fingerprint density at radius 3 is 2.33 bits per heavy atom. The number of aromatic hydroxyl groups is 1. The van der Waals surface area contributed by atoms with Crippen LogP contribution in [0.1, 0.15) is 18.4 Å². The highest BCUT2D eigenvalue weighted by Gasteiger charge is 1.96. The maximum atomic E-state index is 8.82. The predicted octanol–water partition coefficient (Wildman–Crippen LogP) is 2.33. The molecule has 1 aliphatic rings. The van der Waals surface area contributed by atoms with Crippen molar-refractivity contribution < 1.29 is 9.53 Å². The number of hydrogen-bond donors (Lipinski definition) is 1. The fourth-order valence-corrected chi connectivity index (χ4v) is 2.47. The van der Waals surface area contributed by atoms with Crippen LogP contribution in [0, 0.1) is 0 Å². The van der Waals surface area contributed by atoms with Gasteiger partial charge in [0.1, 0.15) is 5.75 Å². The van der Waals surface area contributed by atoms with E-state index < -0.39 is 0 Å². The highest BCUT2D eigenvalue weighted by Crippen LogP contribution is 2.09. The van der Waals surface area contributed by atoms with Crippen molar-refractivity contribution in [3.63, 3.8) is 0 Å². The molecule has 0 spiro atoms. The second-order valence-electron chi connectivity index (χ2n) is 3.47. The number of benzene rings is 1. The zero-order valence-corrected chi connectivity index (χ0v) is 10.4. The maximum Gasteiger partial charge on any atom is 0.161 e. The number of phenols is 1. The van der Waals surface area contributed by atoms with Crippen molar-refractivity contribution in [3.8, 4) is 5.75 Å². The van der Waals surface area contributed by atoms with E-state index >= 15 is 0 Å². The van der Waals surface area contributed by atoms with Crippen LogP contribution in [0.2, 0.25) is 6.04 Å². The summed E-state index contributed by atoms with van der Waals surface area (Å²) in [6.07, 6.45) is 4.48. The van der Waals surface area contributed by atoms with Crippen LogP contribution in [0.3, 0.4) is 0 Å². The lowest BCUT2D eigenvalue weighted by atomic mass is 10.2. The SMILES string of the molecule is C1CC[SiH2]OC1.C=Cc1ccc(O)cc1. The Balaban J connectivity index is 0.000000162. The minimum atomic E-state index is 0.00849. The summed E-state index contributed by atoms with van der Waals surface area (Å²) in [5, 5.41) is 8.82. The van der Waals surface area contributed by atoms with Gasteiger partial charge in [-0.25, -0.2) is 0 Å². The van der Waals surface area contributed by atoms with Gasteiger partial charge in [-0.2, -0.15) is 0 Å². The summed E-state index contributed by atoms with van der Waals surface area (Å²) in [6.45, 7) is 4.64. The molecule has 1 N–H and O–H groups in total. The van der Waals surface area contributed by atoms with Crippen LogP contribution in [0.5, 0.6) is 5.75 Å². The molecular formula is C12H18O2Si. The average Bonchev–Trinajstić information content (AvgIpc) is 2.33. The Bertz CT molecular complexity index is 267. The average molecular weight is 222 g/mol. The molecule has 1 aromatic carbocycles. The molecule has 2 rings (SSSR count). The van der Waals surface area contributed by atoms with E-state index in [-0.39, 0.29) is 9.76 Å². The molecule has 3 heteroatoms. The quantitative estimate of drug-likeness (QED) is 0.739. The Hall–Kier alpha value is -1.06. The van der Waals surface area contributed by atoms with Gasteiger partial charge in [-0.05, 0) is 30.2 Å². The minimum absolute atomic E-state index is 0.00849. The smallest absolute Gasteiger partial charge is 0.161 e. The lowest BCUT2D eigenvalue weighted by molar-refractivity contribution is 0.304. The lowest BCUT2D eigenvalue weighted by Crippen LogP contribution is -2.06. The molecule has 1 aliphatic heterocycles. The summed E-state index contributed by atoms with van der Waals surface area (Å²) in [5.41, 5.74) is 1.02. The van der Waals surface area contributed by atoms with E-state index in [0.29, 0.717) is 5.75 Å². The maximum absolute atomic E-state index is 8.82. The van der Waals surface area contributed by atoms with E-state index in [1.54, 1.807) is 18.2 Å². The summed E-state index contributed by atoms with van der Waals surface area (Å²) in [4.78, 5) is 0. The summed E-state index contributed by atoms with van der Waals surface area (Å²) in [6, 6.07) is 8.30. The summed E-state index contributed by atoms with van der Waals surface area (Å²) in [5.74, 6) is 0.292. The molecular weight excluding hydrogens is 204 g/mol. The molecule has 0 amide bonds. The van der Waals surface area contributed by atoms with Crippen LogP contribution < -0.4 is 0 Å². The monoisotopic (exact) mass is 222 g/mol. The van der Waals surface area contributed by atoms with Crippen molar-refractivity contribution in [1.82, 2.24) is 0 Å². The van der Waals surface area contributed by atoms with Gasteiger partial charge >= 0.3 is 0 Å². The first-order valence-corrected chi connectivity index (χ1v) is 6.90. The van der Waals surface area contributed by atoms with Crippen molar-refractivity contribution in [2.45, 2.75) is 18.9 Å². The Morgan fingerprint density at radius 1 is 1.27 bits per heavy atom. The van der Waals surface area contributed by atoms with Gasteiger partial charge in [0.25, 0.3) is 0 Å². The van der Waals surface area contributed by atoms with E-state index in [1.807, 2.05) is 12.1 Å². The molecule has 0 aliphatic carbocycles. The number of phenolic OH excluding ortho intramolecular Hbond substituents is 1. The van der Waals surface area contributed by atoms with Crippen molar-refractivity contribution in [1.29, 1.82) is 0 Å². The third kappa shape index (κ3) is 5.39. The van der Waals surface area contributed by atoms with Crippen LogP contribution in [0.4, 0.5) is 0 Å². The molecule has 0 unspecified atom stereocenters. The summed E-state index contributed by atoms with van der Waals surface area (Å²) in [7, 11) is 0.00849. The van der Waals surface area contributed by atoms with Crippen LogP contribution in [0.25, 0.3) is 6.08 Å². The second kappa shape index (κ2) is 7.26. The molecule has 82 valence electrons. The second-order valence-corrected chi connectivity index (χ2v) is 4.99. The van der Waals surface area contributed by atoms with E-state index in [1.165, 1.54) is 18.9 Å². The van der Waals surface area contributed by atoms with Crippen LogP contribution in [-0.4, -0.2) is 21.5 Å². The molecule has 0 radical (unpaired) electrons. The van der Waals surface area contributed by atoms with Gasteiger partial charge in [-0.3, -0.25) is 0 Å². The molecule has 1 aromatic rings. The van der Waals surface area contributed by atoms with Gasteiger partial charge in [0.2, 0.25) is 0 Å². The van der Waals surface area contributed by atoms with Crippen molar-refractivity contribution in [2.24, 2.45) is 0 Å². The predicted molar refractivity (Wildman–Crippen MR) is 66.7 cm³/mol. The molecule has 0 saturated carbocycles. The van der Waals surface area contributed by atoms with Crippen molar-refractivity contribution in [3.05, 3.63) is 36.4 Å². The number of hydrogen-bond acceptors (Lipinski definition) is 2. The first kappa shape index (κ1) is 12.0. The molecule has 0 bridgehead atoms. The van der Waals surface area contributed by atoms with E-state index in [9.17, 15) is 0 Å². The first-order valence-electron chi connectivity index (χ1n) is 5.32. The van der Waals surface area contributed by atoms with Crippen molar-refractivity contribution >= 4 is 15.8 Å². The molecule has 0 aromatic heterocycles. The lowest BCUT2D eigenvalue weighted by Gasteiger charge is -2.07. The zero-order chi connectivity index (χ0) is 10.9. The van der Waals surface area contributed by atoms with E-state index in [0.717, 1.165) is 12.2 Å². The van der Waals surface area contributed by atoms with Gasteiger partial charge < -0.3 is 9.53 Å². The van der Waals surface area contributed by atoms with E-state index in [4.69, 9.17) is 9.53 Å². The Labute approximate surface area is 93.5 Å². The third-order valence-corrected chi connectivity index (χ3v) is 3.57. The molecule has 0 atom stereocenters. The number of rotatable bonds is 1. The normalized spacial score (nSPS) is 16.5. The summed E-state index contributed by atoms with van der Waals surface area (Å²) >= 11 is 0. The van der Waals surface area contributed by atoms with Gasteiger partial charge in [-0.15, -0.1) is 0 Å². The van der Waals surface area contributed by atoms with Gasteiger partial charge in [0.15, 0.2) is 9.76 Å². The summed E-state index contributed by atoms with van der Waals surface area (Å²) < 4.78 is 5.21. The highest BCUT2D eigenvalue weighted by atomic mass is 28.2. The molecule has 1 heterocycles. The minimum Gasteiger partial charge on any atom is -0.508 e. The Morgan fingerprint density at radius 2 is 2.00 bits per heavy atom. The van der Waals surface area contributed by atoms with Crippen LogP contribution in [-0.2, 0) is 4.43 Å². The largest absolute Gasteiger partial charge is 0.508 e. The topological polar surface area (TPSA) is 29.5 Å². The van der Waals surface area contributed by atoms with E-state index in [2.05, 4.69) is 6.58 Å². The standard InChI is InChI=1S/C8H8O.C4H10OSi/c1-2-7-3-5-8(9)6-4-7;1-2-4-6-5-3-1/h2-6,9H,1H2;1-4,6H2. The molecule has 1 fully saturated rings. The Kier molecular flexibility index (Phi) is 5.81. The fraction of sp³-hybridized carbons (Fsp3) is 0.333. The first-order chi connectivity index (χ1) is 7.33. The highest BCUT2D eigenvalue weighted by molar-refractivity contribution is 6.27.